The van der Waals surface area contributed by atoms with E-state index in [2.05, 4.69) is 5.32 Å². The Morgan fingerprint density at radius 3 is 2.21 bits per heavy atom. The lowest BCUT2D eigenvalue weighted by Crippen LogP contribution is -2.50. The van der Waals surface area contributed by atoms with Crippen molar-refractivity contribution in [3.05, 3.63) is 89.7 Å². The van der Waals surface area contributed by atoms with Crippen molar-refractivity contribution >= 4 is 27.5 Å². The van der Waals surface area contributed by atoms with Crippen LogP contribution in [0.25, 0.3) is 0 Å². The number of halogens is 1. The molecule has 3 aromatic rings. The topological polar surface area (TPSA) is 96.0 Å². The predicted octanol–water partition coefficient (Wildman–Crippen LogP) is 3.89. The van der Waals surface area contributed by atoms with Crippen molar-refractivity contribution in [3.8, 4) is 5.75 Å². The Bertz CT molecular complexity index is 1360. The zero-order chi connectivity index (χ0) is 27.9. The van der Waals surface area contributed by atoms with Crippen LogP contribution in [0.5, 0.6) is 5.75 Å². The highest BCUT2D eigenvalue weighted by molar-refractivity contribution is 7.92. The number of benzene rings is 3. The van der Waals surface area contributed by atoms with Crippen LogP contribution in [0.2, 0.25) is 0 Å². The summed E-state index contributed by atoms with van der Waals surface area (Å²) in [4.78, 5) is 27.5. The molecule has 1 atom stereocenters. The van der Waals surface area contributed by atoms with Gasteiger partial charge >= 0.3 is 0 Å². The molecule has 0 radical (unpaired) electrons. The van der Waals surface area contributed by atoms with Crippen molar-refractivity contribution in [1.82, 2.24) is 10.2 Å². The molecular weight excluding hydrogens is 509 g/mol. The van der Waals surface area contributed by atoms with Gasteiger partial charge in [0.2, 0.25) is 11.8 Å². The summed E-state index contributed by atoms with van der Waals surface area (Å²) in [5, 5.41) is 2.55. The van der Waals surface area contributed by atoms with Crippen molar-refractivity contribution in [2.45, 2.75) is 38.3 Å². The van der Waals surface area contributed by atoms with Gasteiger partial charge in [-0.15, -0.1) is 0 Å². The third kappa shape index (κ3) is 6.69. The standard InChI is InChI=1S/C28H32FN3O5S/c1-5-37-25-14-12-24(13-15-25)32(38(35,36)26-16-10-23(29)11-17-26)19-27(33)31(21(3)28(34)30-4)18-22-9-7-6-8-20(22)2/h6-17,21H,5,18-19H2,1-4H3,(H,30,34)/t21-/m0/s1. The van der Waals surface area contributed by atoms with E-state index in [4.69, 9.17) is 4.74 Å². The van der Waals surface area contributed by atoms with E-state index >= 15 is 0 Å². The summed E-state index contributed by atoms with van der Waals surface area (Å²) in [7, 11) is -2.81. The van der Waals surface area contributed by atoms with Crippen LogP contribution < -0.4 is 14.4 Å². The number of anilines is 1. The van der Waals surface area contributed by atoms with Gasteiger partial charge in [0.15, 0.2) is 0 Å². The van der Waals surface area contributed by atoms with E-state index in [1.165, 1.54) is 24.1 Å². The smallest absolute Gasteiger partial charge is 0.264 e. The maximum Gasteiger partial charge on any atom is 0.264 e. The Labute approximate surface area is 223 Å². The zero-order valence-corrected chi connectivity index (χ0v) is 22.7. The van der Waals surface area contributed by atoms with Crippen LogP contribution in [0, 0.1) is 12.7 Å². The maximum atomic E-state index is 13.8. The largest absolute Gasteiger partial charge is 0.494 e. The van der Waals surface area contributed by atoms with Crippen LogP contribution in [0.4, 0.5) is 10.1 Å². The molecule has 3 aromatic carbocycles. The molecule has 202 valence electrons. The lowest BCUT2D eigenvalue weighted by Gasteiger charge is -2.32. The summed E-state index contributed by atoms with van der Waals surface area (Å²) in [5.41, 5.74) is 1.97. The van der Waals surface area contributed by atoms with E-state index < -0.39 is 34.3 Å². The third-order valence-electron chi connectivity index (χ3n) is 6.13. The van der Waals surface area contributed by atoms with E-state index in [0.717, 1.165) is 39.7 Å². The Kier molecular flexibility index (Phi) is 9.46. The van der Waals surface area contributed by atoms with Gasteiger partial charge < -0.3 is 15.0 Å². The summed E-state index contributed by atoms with van der Waals surface area (Å²) >= 11 is 0. The van der Waals surface area contributed by atoms with Crippen molar-refractivity contribution in [3.63, 3.8) is 0 Å². The van der Waals surface area contributed by atoms with Gasteiger partial charge in [-0.3, -0.25) is 13.9 Å². The fourth-order valence-electron chi connectivity index (χ4n) is 3.90. The number of likely N-dealkylation sites (N-methyl/N-ethyl adjacent to an activating group) is 1. The summed E-state index contributed by atoms with van der Waals surface area (Å²) in [6.45, 7) is 5.27. The minimum Gasteiger partial charge on any atom is -0.494 e. The number of aryl methyl sites for hydroxylation is 1. The van der Waals surface area contributed by atoms with Gasteiger partial charge in [0.05, 0.1) is 17.2 Å². The molecule has 0 saturated heterocycles. The van der Waals surface area contributed by atoms with Crippen LogP contribution in [-0.2, 0) is 26.2 Å². The number of nitrogens with zero attached hydrogens (tertiary/aromatic N) is 2. The minimum atomic E-state index is -4.28. The lowest BCUT2D eigenvalue weighted by atomic mass is 10.1. The number of ether oxygens (including phenoxy) is 1. The monoisotopic (exact) mass is 541 g/mol. The van der Waals surface area contributed by atoms with Gasteiger partial charge in [-0.05, 0) is 80.4 Å². The van der Waals surface area contributed by atoms with E-state index in [0.29, 0.717) is 12.4 Å². The van der Waals surface area contributed by atoms with Crippen molar-refractivity contribution in [2.24, 2.45) is 0 Å². The molecule has 3 rings (SSSR count). The Morgan fingerprint density at radius 1 is 1.00 bits per heavy atom. The Balaban J connectivity index is 2.04. The second-order valence-corrected chi connectivity index (χ2v) is 10.5. The number of nitrogens with one attached hydrogen (secondary N) is 1. The molecular formula is C28H32FN3O5S. The summed E-state index contributed by atoms with van der Waals surface area (Å²) in [6.07, 6.45) is 0. The van der Waals surface area contributed by atoms with Crippen molar-refractivity contribution in [1.29, 1.82) is 0 Å². The van der Waals surface area contributed by atoms with Gasteiger partial charge in [-0.25, -0.2) is 12.8 Å². The number of amides is 2. The second-order valence-electron chi connectivity index (χ2n) is 8.63. The highest BCUT2D eigenvalue weighted by Crippen LogP contribution is 2.27. The van der Waals surface area contributed by atoms with Crippen LogP contribution in [0.1, 0.15) is 25.0 Å². The molecule has 2 amide bonds. The van der Waals surface area contributed by atoms with Gasteiger partial charge in [0, 0.05) is 13.6 Å². The molecule has 0 fully saturated rings. The van der Waals surface area contributed by atoms with Crippen molar-refractivity contribution < 1.29 is 27.1 Å². The molecule has 0 aliphatic carbocycles. The molecule has 0 saturated carbocycles. The first-order chi connectivity index (χ1) is 18.1. The number of sulfonamides is 1. The summed E-state index contributed by atoms with van der Waals surface area (Å²) < 4.78 is 47.4. The highest BCUT2D eigenvalue weighted by Gasteiger charge is 2.32. The van der Waals surface area contributed by atoms with E-state index in [-0.39, 0.29) is 23.0 Å². The number of hydrogen-bond acceptors (Lipinski definition) is 5. The first-order valence-corrected chi connectivity index (χ1v) is 13.6. The molecule has 10 heteroatoms. The van der Waals surface area contributed by atoms with E-state index in [1.54, 1.807) is 19.1 Å². The van der Waals surface area contributed by atoms with Gasteiger partial charge in [-0.2, -0.15) is 0 Å². The fourth-order valence-corrected chi connectivity index (χ4v) is 5.31. The molecule has 0 unspecified atom stereocenters. The van der Waals surface area contributed by atoms with E-state index in [1.807, 2.05) is 38.1 Å². The lowest BCUT2D eigenvalue weighted by molar-refractivity contribution is -0.139. The number of carbonyl (C=O) groups is 2. The quantitative estimate of drug-likeness (QED) is 0.397. The van der Waals surface area contributed by atoms with Crippen LogP contribution in [-0.4, -0.2) is 51.4 Å². The van der Waals surface area contributed by atoms with Gasteiger partial charge in [0.1, 0.15) is 24.2 Å². The molecule has 0 aromatic heterocycles. The number of carbonyl (C=O) groups excluding carboxylic acids is 2. The van der Waals surface area contributed by atoms with Crippen molar-refractivity contribution in [2.75, 3.05) is 24.5 Å². The predicted molar refractivity (Wildman–Crippen MR) is 144 cm³/mol. The second kappa shape index (κ2) is 12.6. The van der Waals surface area contributed by atoms with E-state index in [9.17, 15) is 22.4 Å². The number of rotatable bonds is 11. The van der Waals surface area contributed by atoms with Crippen LogP contribution in [0.15, 0.2) is 77.7 Å². The van der Waals surface area contributed by atoms with Crippen LogP contribution >= 0.6 is 0 Å². The SMILES string of the molecule is CCOc1ccc(N(CC(=O)N(Cc2ccccc2C)[C@@H](C)C(=O)NC)S(=O)(=O)c2ccc(F)cc2)cc1. The first kappa shape index (κ1) is 28.6. The average Bonchev–Trinajstić information content (AvgIpc) is 2.91. The molecule has 0 bridgehead atoms. The fraction of sp³-hybridized carbons (Fsp3) is 0.286. The molecule has 0 heterocycles. The number of hydrogen-bond donors (Lipinski definition) is 1. The molecule has 0 aliphatic heterocycles. The van der Waals surface area contributed by atoms with Gasteiger partial charge in [0.25, 0.3) is 10.0 Å². The molecule has 8 nitrogen and oxygen atoms in total. The minimum absolute atomic E-state index is 0.105. The highest BCUT2D eigenvalue weighted by atomic mass is 32.2. The van der Waals surface area contributed by atoms with Gasteiger partial charge in [-0.1, -0.05) is 24.3 Å². The zero-order valence-electron chi connectivity index (χ0n) is 21.8. The summed E-state index contributed by atoms with van der Waals surface area (Å²) in [5.74, 6) is -1.02. The van der Waals surface area contributed by atoms with Crippen LogP contribution in [0.3, 0.4) is 0 Å². The molecule has 0 spiro atoms. The molecule has 1 N–H and O–H groups in total. The average molecular weight is 542 g/mol. The normalized spacial score (nSPS) is 11.9. The summed E-state index contributed by atoms with van der Waals surface area (Å²) in [6, 6.07) is 17.2. The Morgan fingerprint density at radius 2 is 1.63 bits per heavy atom. The Hall–Kier alpha value is -3.92. The third-order valence-corrected chi connectivity index (χ3v) is 7.92. The molecule has 38 heavy (non-hydrogen) atoms. The molecule has 0 aliphatic rings. The maximum absolute atomic E-state index is 13.8. The first-order valence-electron chi connectivity index (χ1n) is 12.1.